The molecule has 3 heteroatoms. The maximum absolute atomic E-state index is 6.11. The molecule has 1 aliphatic heterocycles. The third-order valence-electron chi connectivity index (χ3n) is 4.15. The number of anilines is 1. The first-order valence-electron chi connectivity index (χ1n) is 7.12. The number of para-hydroxylation sites is 1. The Morgan fingerprint density at radius 2 is 2.16 bits per heavy atom. The maximum Gasteiger partial charge on any atom is 0.128 e. The second-order valence-electron chi connectivity index (χ2n) is 5.54. The number of nitrogens with zero attached hydrogens (tertiary/aromatic N) is 2. The van der Waals surface area contributed by atoms with Crippen LogP contribution in [-0.4, -0.2) is 22.5 Å². The summed E-state index contributed by atoms with van der Waals surface area (Å²) < 4.78 is 0. The molecule has 2 heterocycles. The molecule has 19 heavy (non-hydrogen) atoms. The van der Waals surface area contributed by atoms with Crippen molar-refractivity contribution in [2.75, 3.05) is 12.3 Å². The average molecular weight is 255 g/mol. The quantitative estimate of drug-likeness (QED) is 0.896. The third-order valence-corrected chi connectivity index (χ3v) is 4.15. The van der Waals surface area contributed by atoms with E-state index >= 15 is 0 Å². The number of aromatic nitrogens is 1. The van der Waals surface area contributed by atoms with Crippen LogP contribution >= 0.6 is 0 Å². The summed E-state index contributed by atoms with van der Waals surface area (Å²) in [4.78, 5) is 7.04. The van der Waals surface area contributed by atoms with E-state index in [0.29, 0.717) is 11.9 Å². The van der Waals surface area contributed by atoms with Gasteiger partial charge < -0.3 is 5.73 Å². The number of fused-ring (bicyclic) bond motifs is 1. The van der Waals surface area contributed by atoms with Crippen LogP contribution in [0.4, 0.5) is 5.82 Å². The van der Waals surface area contributed by atoms with Crippen molar-refractivity contribution < 1.29 is 0 Å². The van der Waals surface area contributed by atoms with Crippen LogP contribution in [0.15, 0.2) is 30.3 Å². The fourth-order valence-corrected chi connectivity index (χ4v) is 2.91. The molecule has 0 bridgehead atoms. The summed E-state index contributed by atoms with van der Waals surface area (Å²) in [6, 6.07) is 11.0. The first-order chi connectivity index (χ1) is 9.24. The highest BCUT2D eigenvalue weighted by Crippen LogP contribution is 2.23. The number of pyridine rings is 1. The van der Waals surface area contributed by atoms with Gasteiger partial charge in [0, 0.05) is 23.5 Å². The number of benzene rings is 1. The van der Waals surface area contributed by atoms with Gasteiger partial charge in [0.1, 0.15) is 5.82 Å². The molecule has 2 aromatic rings. The molecule has 0 saturated carbocycles. The molecule has 0 radical (unpaired) electrons. The fourth-order valence-electron chi connectivity index (χ4n) is 2.91. The lowest BCUT2D eigenvalue weighted by molar-refractivity contribution is 0.153. The van der Waals surface area contributed by atoms with E-state index in [-0.39, 0.29) is 0 Å². The molecule has 100 valence electrons. The van der Waals surface area contributed by atoms with E-state index in [1.165, 1.54) is 31.2 Å². The molecule has 1 fully saturated rings. The van der Waals surface area contributed by atoms with Gasteiger partial charge in [-0.05, 0) is 38.4 Å². The fraction of sp³-hybridized carbons (Fsp3) is 0.438. The molecule has 0 spiro atoms. The molecule has 0 amide bonds. The Morgan fingerprint density at radius 3 is 3.00 bits per heavy atom. The van der Waals surface area contributed by atoms with Crippen molar-refractivity contribution in [3.63, 3.8) is 0 Å². The van der Waals surface area contributed by atoms with Crippen LogP contribution < -0.4 is 5.73 Å². The minimum absolute atomic E-state index is 0.652. The number of hydrogen-bond donors (Lipinski definition) is 1. The summed E-state index contributed by atoms with van der Waals surface area (Å²) in [5.41, 5.74) is 8.25. The topological polar surface area (TPSA) is 42.2 Å². The molecular formula is C16H21N3. The minimum atomic E-state index is 0.652. The molecule has 0 aliphatic carbocycles. The van der Waals surface area contributed by atoms with E-state index in [2.05, 4.69) is 28.9 Å². The molecule has 1 atom stereocenters. The molecule has 1 saturated heterocycles. The van der Waals surface area contributed by atoms with Crippen LogP contribution in [-0.2, 0) is 6.54 Å². The lowest BCUT2D eigenvalue weighted by atomic mass is 10.0. The Labute approximate surface area is 114 Å². The highest BCUT2D eigenvalue weighted by molar-refractivity contribution is 5.81. The number of piperidine rings is 1. The standard InChI is InChI=1S/C16H21N3/c1-12-6-4-5-9-19(12)11-14-10-13-7-2-3-8-15(13)18-16(14)17/h2-3,7-8,10,12H,4-6,9,11H2,1H3,(H2,17,18). The molecular weight excluding hydrogens is 234 g/mol. The first-order valence-corrected chi connectivity index (χ1v) is 7.12. The van der Waals surface area contributed by atoms with Gasteiger partial charge >= 0.3 is 0 Å². The van der Waals surface area contributed by atoms with Crippen LogP contribution in [0.5, 0.6) is 0 Å². The summed E-state index contributed by atoms with van der Waals surface area (Å²) in [7, 11) is 0. The van der Waals surface area contributed by atoms with Gasteiger partial charge in [-0.25, -0.2) is 4.98 Å². The van der Waals surface area contributed by atoms with Crippen molar-refractivity contribution in [3.05, 3.63) is 35.9 Å². The van der Waals surface area contributed by atoms with Crippen molar-refractivity contribution in [2.24, 2.45) is 0 Å². The lowest BCUT2D eigenvalue weighted by Gasteiger charge is -2.33. The highest BCUT2D eigenvalue weighted by Gasteiger charge is 2.19. The summed E-state index contributed by atoms with van der Waals surface area (Å²) >= 11 is 0. The second kappa shape index (κ2) is 5.17. The number of hydrogen-bond acceptors (Lipinski definition) is 3. The van der Waals surface area contributed by atoms with E-state index in [0.717, 1.165) is 17.6 Å². The number of likely N-dealkylation sites (tertiary alicyclic amines) is 1. The summed E-state index contributed by atoms with van der Waals surface area (Å²) in [5, 5.41) is 1.18. The number of nitrogens with two attached hydrogens (primary N) is 1. The van der Waals surface area contributed by atoms with Gasteiger partial charge in [-0.1, -0.05) is 24.6 Å². The molecule has 1 unspecified atom stereocenters. The maximum atomic E-state index is 6.11. The van der Waals surface area contributed by atoms with Crippen LogP contribution in [0.2, 0.25) is 0 Å². The molecule has 3 nitrogen and oxygen atoms in total. The van der Waals surface area contributed by atoms with E-state index in [1.54, 1.807) is 0 Å². The summed E-state index contributed by atoms with van der Waals surface area (Å²) in [6.45, 7) is 4.40. The van der Waals surface area contributed by atoms with Gasteiger partial charge in [-0.2, -0.15) is 0 Å². The number of rotatable bonds is 2. The molecule has 1 aliphatic rings. The highest BCUT2D eigenvalue weighted by atomic mass is 15.2. The predicted octanol–water partition coefficient (Wildman–Crippen LogP) is 3.19. The Kier molecular flexibility index (Phi) is 3.38. The van der Waals surface area contributed by atoms with Crippen molar-refractivity contribution >= 4 is 16.7 Å². The van der Waals surface area contributed by atoms with Crippen molar-refractivity contribution in [1.29, 1.82) is 0 Å². The van der Waals surface area contributed by atoms with E-state index in [1.807, 2.05) is 18.2 Å². The smallest absolute Gasteiger partial charge is 0.128 e. The molecule has 1 aromatic heterocycles. The van der Waals surface area contributed by atoms with Gasteiger partial charge in [0.05, 0.1) is 5.52 Å². The Balaban J connectivity index is 1.89. The Morgan fingerprint density at radius 1 is 1.32 bits per heavy atom. The number of nitrogen functional groups attached to an aromatic ring is 1. The van der Waals surface area contributed by atoms with E-state index in [4.69, 9.17) is 5.73 Å². The van der Waals surface area contributed by atoms with Crippen LogP contribution in [0.3, 0.4) is 0 Å². The Bertz CT molecular complexity index is 579. The minimum Gasteiger partial charge on any atom is -0.383 e. The first kappa shape index (κ1) is 12.4. The summed E-state index contributed by atoms with van der Waals surface area (Å²) in [5.74, 6) is 0.677. The molecule has 2 N–H and O–H groups in total. The molecule has 1 aromatic carbocycles. The van der Waals surface area contributed by atoms with Crippen molar-refractivity contribution in [3.8, 4) is 0 Å². The Hall–Kier alpha value is -1.61. The zero-order chi connectivity index (χ0) is 13.2. The monoisotopic (exact) mass is 255 g/mol. The zero-order valence-electron chi connectivity index (χ0n) is 11.5. The van der Waals surface area contributed by atoms with Crippen molar-refractivity contribution in [2.45, 2.75) is 38.8 Å². The van der Waals surface area contributed by atoms with Gasteiger partial charge in [-0.3, -0.25) is 4.90 Å². The normalized spacial score (nSPS) is 20.8. The zero-order valence-corrected chi connectivity index (χ0v) is 11.5. The molecule has 3 rings (SSSR count). The van der Waals surface area contributed by atoms with Crippen LogP contribution in [0.1, 0.15) is 31.7 Å². The van der Waals surface area contributed by atoms with Gasteiger partial charge in [0.25, 0.3) is 0 Å². The largest absolute Gasteiger partial charge is 0.383 e. The van der Waals surface area contributed by atoms with E-state index in [9.17, 15) is 0 Å². The van der Waals surface area contributed by atoms with Crippen molar-refractivity contribution in [1.82, 2.24) is 9.88 Å². The van der Waals surface area contributed by atoms with Gasteiger partial charge in [-0.15, -0.1) is 0 Å². The lowest BCUT2D eigenvalue weighted by Crippen LogP contribution is -2.36. The van der Waals surface area contributed by atoms with Gasteiger partial charge in [0.2, 0.25) is 0 Å². The summed E-state index contributed by atoms with van der Waals surface area (Å²) in [6.07, 6.45) is 3.94. The predicted molar refractivity (Wildman–Crippen MR) is 79.9 cm³/mol. The average Bonchev–Trinajstić information content (AvgIpc) is 2.42. The van der Waals surface area contributed by atoms with E-state index < -0.39 is 0 Å². The SMILES string of the molecule is CC1CCCCN1Cc1cc2ccccc2nc1N. The van der Waals surface area contributed by atoms with Gasteiger partial charge in [0.15, 0.2) is 0 Å². The van der Waals surface area contributed by atoms with Crippen LogP contribution in [0.25, 0.3) is 10.9 Å². The van der Waals surface area contributed by atoms with Crippen LogP contribution in [0, 0.1) is 0 Å². The second-order valence-corrected chi connectivity index (χ2v) is 5.54. The third kappa shape index (κ3) is 2.56.